The first-order valence-electron chi connectivity index (χ1n) is 10.4. The van der Waals surface area contributed by atoms with Gasteiger partial charge in [0.15, 0.2) is 5.82 Å². The maximum atomic E-state index is 12.6. The summed E-state index contributed by atoms with van der Waals surface area (Å²) < 4.78 is 2.16. The largest absolute Gasteiger partial charge is 0.328 e. The summed E-state index contributed by atoms with van der Waals surface area (Å²) in [6.07, 6.45) is 5.08. The van der Waals surface area contributed by atoms with Crippen LogP contribution in [-0.2, 0) is 17.8 Å². The average molecular weight is 399 g/mol. The first kappa shape index (κ1) is 20.8. The highest BCUT2D eigenvalue weighted by Gasteiger charge is 2.22. The highest BCUT2D eigenvalue weighted by atomic mass is 16.2. The molecule has 1 aromatic heterocycles. The van der Waals surface area contributed by atoms with Crippen molar-refractivity contribution >= 4 is 23.3 Å². The van der Waals surface area contributed by atoms with Gasteiger partial charge in [0, 0.05) is 30.3 Å². The van der Waals surface area contributed by atoms with Gasteiger partial charge in [-0.25, -0.2) is 4.79 Å². The molecule has 8 heteroatoms. The van der Waals surface area contributed by atoms with Gasteiger partial charge in [-0.2, -0.15) is 0 Å². The van der Waals surface area contributed by atoms with E-state index < -0.39 is 0 Å². The number of aryl methyl sites for hydroxylation is 1. The van der Waals surface area contributed by atoms with Crippen LogP contribution in [0.3, 0.4) is 0 Å². The van der Waals surface area contributed by atoms with Crippen LogP contribution >= 0.6 is 0 Å². The van der Waals surface area contributed by atoms with Crippen LogP contribution in [0, 0.1) is 5.92 Å². The fourth-order valence-corrected chi connectivity index (χ4v) is 3.40. The standard InChI is InChI=1S/C21H30N6O2/c1-4-17(19-26-25-18-11-6-5-7-12-27(18)19)24-21(29)23-16-10-8-9-15(13-16)22-20(28)14(2)3/h8-10,13-14,17H,4-7,11-12H2,1-3H3,(H,22,28)(H2,23,24,29)/t17-/m1/s1. The molecule has 0 bridgehead atoms. The van der Waals surface area contributed by atoms with Gasteiger partial charge < -0.3 is 20.5 Å². The molecule has 1 aliphatic rings. The van der Waals surface area contributed by atoms with E-state index in [0.717, 1.165) is 43.9 Å². The lowest BCUT2D eigenvalue weighted by atomic mass is 10.2. The van der Waals surface area contributed by atoms with Gasteiger partial charge in [-0.3, -0.25) is 4.79 Å². The van der Waals surface area contributed by atoms with E-state index in [-0.39, 0.29) is 23.9 Å². The van der Waals surface area contributed by atoms with Gasteiger partial charge in [-0.1, -0.05) is 33.3 Å². The van der Waals surface area contributed by atoms with Gasteiger partial charge in [0.1, 0.15) is 5.82 Å². The van der Waals surface area contributed by atoms with Crippen molar-refractivity contribution in [3.05, 3.63) is 35.9 Å². The molecule has 3 rings (SSSR count). The molecule has 1 aliphatic heterocycles. The van der Waals surface area contributed by atoms with Crippen LogP contribution in [0.1, 0.15) is 64.1 Å². The van der Waals surface area contributed by atoms with Crippen LogP contribution in [0.15, 0.2) is 24.3 Å². The fourth-order valence-electron chi connectivity index (χ4n) is 3.40. The Labute approximate surface area is 171 Å². The summed E-state index contributed by atoms with van der Waals surface area (Å²) in [5, 5.41) is 17.4. The molecule has 2 heterocycles. The van der Waals surface area contributed by atoms with Crippen molar-refractivity contribution in [1.82, 2.24) is 20.1 Å². The molecule has 0 spiro atoms. The average Bonchev–Trinajstić information content (AvgIpc) is 2.94. The number of benzene rings is 1. The first-order chi connectivity index (χ1) is 14.0. The Hall–Kier alpha value is -2.90. The van der Waals surface area contributed by atoms with Crippen LogP contribution in [0.25, 0.3) is 0 Å². The summed E-state index contributed by atoms with van der Waals surface area (Å²) in [5.41, 5.74) is 1.26. The van der Waals surface area contributed by atoms with E-state index in [1.54, 1.807) is 24.3 Å². The Morgan fingerprint density at radius 2 is 1.86 bits per heavy atom. The van der Waals surface area contributed by atoms with Crippen LogP contribution < -0.4 is 16.0 Å². The number of nitrogens with one attached hydrogen (secondary N) is 3. The van der Waals surface area contributed by atoms with Crippen LogP contribution in [0.5, 0.6) is 0 Å². The minimum atomic E-state index is -0.310. The second kappa shape index (κ2) is 9.54. The number of carbonyl (C=O) groups is 2. The normalized spacial score (nSPS) is 14.6. The number of aromatic nitrogens is 3. The summed E-state index contributed by atoms with van der Waals surface area (Å²) in [5.74, 6) is 1.65. The van der Waals surface area contributed by atoms with Crippen molar-refractivity contribution in [3.63, 3.8) is 0 Å². The van der Waals surface area contributed by atoms with E-state index >= 15 is 0 Å². The molecule has 0 unspecified atom stereocenters. The van der Waals surface area contributed by atoms with Gasteiger partial charge in [0.2, 0.25) is 5.91 Å². The highest BCUT2D eigenvalue weighted by molar-refractivity contribution is 5.94. The zero-order valence-electron chi connectivity index (χ0n) is 17.4. The number of hydrogen-bond acceptors (Lipinski definition) is 4. The van der Waals surface area contributed by atoms with Crippen LogP contribution in [-0.4, -0.2) is 26.7 Å². The Bertz CT molecular complexity index is 861. The van der Waals surface area contributed by atoms with Crippen molar-refractivity contribution in [2.24, 2.45) is 5.92 Å². The summed E-state index contributed by atoms with van der Waals surface area (Å²) in [7, 11) is 0. The maximum absolute atomic E-state index is 12.6. The number of nitrogens with zero attached hydrogens (tertiary/aromatic N) is 3. The predicted octanol–water partition coefficient (Wildman–Crippen LogP) is 3.87. The van der Waals surface area contributed by atoms with Crippen molar-refractivity contribution < 1.29 is 9.59 Å². The van der Waals surface area contributed by atoms with E-state index in [2.05, 4.69) is 30.7 Å². The van der Waals surface area contributed by atoms with E-state index in [0.29, 0.717) is 11.4 Å². The second-order valence-electron chi connectivity index (χ2n) is 7.72. The van der Waals surface area contributed by atoms with Gasteiger partial charge >= 0.3 is 6.03 Å². The molecule has 29 heavy (non-hydrogen) atoms. The topological polar surface area (TPSA) is 101 Å². The van der Waals surface area contributed by atoms with Crippen molar-refractivity contribution in [3.8, 4) is 0 Å². The summed E-state index contributed by atoms with van der Waals surface area (Å²) in [6, 6.07) is 6.59. The van der Waals surface area contributed by atoms with Gasteiger partial charge in [-0.15, -0.1) is 10.2 Å². The van der Waals surface area contributed by atoms with Crippen molar-refractivity contribution in [1.29, 1.82) is 0 Å². The number of rotatable bonds is 6. The van der Waals surface area contributed by atoms with Crippen molar-refractivity contribution in [2.75, 3.05) is 10.6 Å². The minimum Gasteiger partial charge on any atom is -0.328 e. The van der Waals surface area contributed by atoms with E-state index in [1.165, 1.54) is 6.42 Å². The molecule has 1 atom stereocenters. The fraction of sp³-hybridized carbons (Fsp3) is 0.524. The van der Waals surface area contributed by atoms with E-state index in [9.17, 15) is 9.59 Å². The molecule has 0 radical (unpaired) electrons. The molecule has 2 aromatic rings. The Balaban J connectivity index is 1.65. The minimum absolute atomic E-state index is 0.0647. The van der Waals surface area contributed by atoms with Crippen LogP contribution in [0.4, 0.5) is 16.2 Å². The van der Waals surface area contributed by atoms with Crippen LogP contribution in [0.2, 0.25) is 0 Å². The first-order valence-corrected chi connectivity index (χ1v) is 10.4. The highest BCUT2D eigenvalue weighted by Crippen LogP contribution is 2.21. The van der Waals surface area contributed by atoms with Gasteiger partial charge in [-0.05, 0) is 37.5 Å². The van der Waals surface area contributed by atoms with E-state index in [1.807, 2.05) is 20.8 Å². The number of amides is 3. The monoisotopic (exact) mass is 398 g/mol. The summed E-state index contributed by atoms with van der Waals surface area (Å²) >= 11 is 0. The Morgan fingerprint density at radius 3 is 2.59 bits per heavy atom. The number of carbonyl (C=O) groups excluding carboxylic acids is 2. The third-order valence-electron chi connectivity index (χ3n) is 5.08. The quantitative estimate of drug-likeness (QED) is 0.687. The molecular formula is C21H30N6O2. The SMILES string of the molecule is CC[C@@H](NC(=O)Nc1cccc(NC(=O)C(C)C)c1)c1nnc2n1CCCCC2. The summed E-state index contributed by atoms with van der Waals surface area (Å²) in [4.78, 5) is 24.5. The molecule has 0 fully saturated rings. The lowest BCUT2D eigenvalue weighted by molar-refractivity contribution is -0.118. The van der Waals surface area contributed by atoms with E-state index in [4.69, 9.17) is 0 Å². The number of hydrogen-bond donors (Lipinski definition) is 3. The lowest BCUT2D eigenvalue weighted by Crippen LogP contribution is -2.34. The molecule has 156 valence electrons. The second-order valence-corrected chi connectivity index (χ2v) is 7.72. The number of urea groups is 1. The maximum Gasteiger partial charge on any atom is 0.319 e. The molecule has 8 nitrogen and oxygen atoms in total. The zero-order valence-corrected chi connectivity index (χ0v) is 17.4. The molecule has 3 N–H and O–H groups in total. The molecule has 0 aliphatic carbocycles. The third kappa shape index (κ3) is 5.34. The molecule has 0 saturated carbocycles. The Kier molecular flexibility index (Phi) is 6.85. The zero-order chi connectivity index (χ0) is 20.8. The smallest absolute Gasteiger partial charge is 0.319 e. The molecule has 0 saturated heterocycles. The van der Waals surface area contributed by atoms with Gasteiger partial charge in [0.05, 0.1) is 6.04 Å². The van der Waals surface area contributed by atoms with Gasteiger partial charge in [0.25, 0.3) is 0 Å². The number of anilines is 2. The molecule has 1 aromatic carbocycles. The molecular weight excluding hydrogens is 368 g/mol. The molecule has 3 amide bonds. The Morgan fingerprint density at radius 1 is 1.10 bits per heavy atom. The third-order valence-corrected chi connectivity index (χ3v) is 5.08. The number of fused-ring (bicyclic) bond motifs is 1. The summed E-state index contributed by atoms with van der Waals surface area (Å²) in [6.45, 7) is 6.59. The van der Waals surface area contributed by atoms with Crippen molar-refractivity contribution in [2.45, 2.75) is 65.5 Å². The lowest BCUT2D eigenvalue weighted by Gasteiger charge is -2.18. The predicted molar refractivity (Wildman–Crippen MR) is 113 cm³/mol.